The van der Waals surface area contributed by atoms with Crippen LogP contribution in [0.1, 0.15) is 23.8 Å². The predicted octanol–water partition coefficient (Wildman–Crippen LogP) is 0.253. The van der Waals surface area contributed by atoms with Crippen LogP contribution in [0.2, 0.25) is 0 Å². The molecule has 74 valence electrons. The molecule has 0 unspecified atom stereocenters. The fourth-order valence-electron chi connectivity index (χ4n) is 0.776. The molecule has 5 heteroatoms. The minimum atomic E-state index is -0.424. The number of nitrogens with one attached hydrogen (secondary N) is 2. The van der Waals surface area contributed by atoms with E-state index in [2.05, 4.69) is 15.8 Å². The smallest absolute Gasteiger partial charge is 0.273 e. The Balaban J connectivity index is 2.48. The zero-order valence-electron chi connectivity index (χ0n) is 7.78. The molecule has 0 saturated carbocycles. The first kappa shape index (κ1) is 10.2. The molecule has 0 radical (unpaired) electrons. The molecule has 0 fully saturated rings. The van der Waals surface area contributed by atoms with Crippen molar-refractivity contribution in [3.8, 4) is 0 Å². The predicted molar refractivity (Wildman–Crippen MR) is 50.1 cm³/mol. The van der Waals surface area contributed by atoms with E-state index in [9.17, 15) is 9.59 Å². The summed E-state index contributed by atoms with van der Waals surface area (Å²) in [6, 6.07) is 4.97. The van der Waals surface area contributed by atoms with Crippen LogP contribution in [0.4, 0.5) is 0 Å². The number of carbonyl (C=O) groups excluding carboxylic acids is 2. The van der Waals surface area contributed by atoms with Crippen LogP contribution < -0.4 is 10.9 Å². The largest absolute Gasteiger partial charge is 0.288 e. The van der Waals surface area contributed by atoms with Crippen LogP contribution in [-0.2, 0) is 4.79 Å². The Morgan fingerprint density at radius 2 is 2.14 bits per heavy atom. The highest BCUT2D eigenvalue weighted by Gasteiger charge is 2.05. The lowest BCUT2D eigenvalue weighted by Gasteiger charge is -2.04. The van der Waals surface area contributed by atoms with Crippen LogP contribution in [0.25, 0.3) is 0 Å². The molecule has 2 amide bonds. The summed E-state index contributed by atoms with van der Waals surface area (Å²) < 4.78 is 0. The number of aromatic nitrogens is 1. The summed E-state index contributed by atoms with van der Waals surface area (Å²) in [7, 11) is 0. The molecule has 0 bridgehead atoms. The minimum absolute atomic E-state index is 0.241. The van der Waals surface area contributed by atoms with Crippen LogP contribution in [-0.4, -0.2) is 16.8 Å². The van der Waals surface area contributed by atoms with E-state index in [1.54, 1.807) is 25.1 Å². The number of amides is 2. The maximum absolute atomic E-state index is 11.3. The van der Waals surface area contributed by atoms with Gasteiger partial charge in [0, 0.05) is 12.6 Å². The molecule has 0 aliphatic carbocycles. The van der Waals surface area contributed by atoms with Gasteiger partial charge in [-0.15, -0.1) is 0 Å². The van der Waals surface area contributed by atoms with Crippen LogP contribution in [0, 0.1) is 0 Å². The first-order valence-electron chi connectivity index (χ1n) is 4.24. The zero-order valence-corrected chi connectivity index (χ0v) is 7.78. The standard InChI is InChI=1S/C9H11N3O2/c1-2-8(13)11-12-9(14)7-5-3-4-6-10-7/h3-6H,2H2,1H3,(H,11,13)(H,12,14). The molecule has 0 atom stereocenters. The Labute approximate surface area is 81.5 Å². The van der Waals surface area contributed by atoms with E-state index in [0.717, 1.165) is 0 Å². The normalized spacial score (nSPS) is 9.21. The molecular formula is C9H11N3O2. The summed E-state index contributed by atoms with van der Waals surface area (Å²) >= 11 is 0. The molecule has 0 aliphatic heterocycles. The fraction of sp³-hybridized carbons (Fsp3) is 0.222. The van der Waals surface area contributed by atoms with E-state index in [1.165, 1.54) is 6.20 Å². The second-order valence-electron chi connectivity index (χ2n) is 2.57. The van der Waals surface area contributed by atoms with E-state index in [-0.39, 0.29) is 11.6 Å². The van der Waals surface area contributed by atoms with Crippen molar-refractivity contribution in [2.24, 2.45) is 0 Å². The molecule has 0 aliphatic rings. The van der Waals surface area contributed by atoms with Gasteiger partial charge in [-0.2, -0.15) is 0 Å². The number of pyridine rings is 1. The maximum Gasteiger partial charge on any atom is 0.288 e. The van der Waals surface area contributed by atoms with E-state index in [4.69, 9.17) is 0 Å². The molecule has 0 aromatic carbocycles. The van der Waals surface area contributed by atoms with Crippen molar-refractivity contribution in [3.63, 3.8) is 0 Å². The highest BCUT2D eigenvalue weighted by Crippen LogP contribution is 1.91. The van der Waals surface area contributed by atoms with Gasteiger partial charge in [0.1, 0.15) is 5.69 Å². The molecular weight excluding hydrogens is 182 g/mol. The summed E-state index contributed by atoms with van der Waals surface area (Å²) in [4.78, 5) is 25.9. The van der Waals surface area contributed by atoms with Crippen LogP contribution in [0.5, 0.6) is 0 Å². The summed E-state index contributed by atoms with van der Waals surface area (Å²) in [6.45, 7) is 1.70. The van der Waals surface area contributed by atoms with Gasteiger partial charge in [0.25, 0.3) is 5.91 Å². The second kappa shape index (κ2) is 4.96. The van der Waals surface area contributed by atoms with E-state index in [0.29, 0.717) is 6.42 Å². The third-order valence-electron chi connectivity index (χ3n) is 1.53. The molecule has 2 N–H and O–H groups in total. The zero-order chi connectivity index (χ0) is 10.4. The third-order valence-corrected chi connectivity index (χ3v) is 1.53. The molecule has 1 aromatic heterocycles. The van der Waals surface area contributed by atoms with Crippen molar-refractivity contribution < 1.29 is 9.59 Å². The van der Waals surface area contributed by atoms with Gasteiger partial charge < -0.3 is 0 Å². The number of hydrogen-bond donors (Lipinski definition) is 2. The van der Waals surface area contributed by atoms with Gasteiger partial charge in [-0.3, -0.25) is 25.4 Å². The maximum atomic E-state index is 11.3. The summed E-state index contributed by atoms with van der Waals surface area (Å²) in [5.74, 6) is -0.665. The molecule has 0 saturated heterocycles. The van der Waals surface area contributed by atoms with Gasteiger partial charge in [0.2, 0.25) is 5.91 Å². The molecule has 1 heterocycles. The van der Waals surface area contributed by atoms with E-state index < -0.39 is 5.91 Å². The first-order valence-corrected chi connectivity index (χ1v) is 4.24. The van der Waals surface area contributed by atoms with Crippen LogP contribution >= 0.6 is 0 Å². The Kier molecular flexibility index (Phi) is 3.60. The quantitative estimate of drug-likeness (QED) is 0.661. The Bertz CT molecular complexity index is 324. The Morgan fingerprint density at radius 3 is 2.71 bits per heavy atom. The number of hydrazine groups is 1. The Hall–Kier alpha value is -1.91. The average Bonchev–Trinajstić information content (AvgIpc) is 2.26. The highest BCUT2D eigenvalue weighted by molar-refractivity contribution is 5.93. The average molecular weight is 193 g/mol. The van der Waals surface area contributed by atoms with Gasteiger partial charge in [-0.1, -0.05) is 13.0 Å². The van der Waals surface area contributed by atoms with Crippen molar-refractivity contribution in [2.45, 2.75) is 13.3 Å². The van der Waals surface area contributed by atoms with Gasteiger partial charge in [-0.05, 0) is 12.1 Å². The number of hydrogen-bond acceptors (Lipinski definition) is 3. The van der Waals surface area contributed by atoms with Gasteiger partial charge >= 0.3 is 0 Å². The lowest BCUT2D eigenvalue weighted by Crippen LogP contribution is -2.41. The van der Waals surface area contributed by atoms with Crippen molar-refractivity contribution in [1.29, 1.82) is 0 Å². The topological polar surface area (TPSA) is 71.1 Å². The SMILES string of the molecule is CCC(=O)NNC(=O)c1ccccn1. The minimum Gasteiger partial charge on any atom is -0.273 e. The van der Waals surface area contributed by atoms with Crippen LogP contribution in [0.15, 0.2) is 24.4 Å². The third kappa shape index (κ3) is 2.85. The summed E-state index contributed by atoms with van der Waals surface area (Å²) in [5.41, 5.74) is 4.77. The van der Waals surface area contributed by atoms with Crippen LogP contribution in [0.3, 0.4) is 0 Å². The van der Waals surface area contributed by atoms with Crippen molar-refractivity contribution in [2.75, 3.05) is 0 Å². The van der Waals surface area contributed by atoms with Gasteiger partial charge in [0.05, 0.1) is 0 Å². The van der Waals surface area contributed by atoms with Crippen molar-refractivity contribution in [1.82, 2.24) is 15.8 Å². The van der Waals surface area contributed by atoms with Gasteiger partial charge in [-0.25, -0.2) is 0 Å². The number of rotatable bonds is 2. The Morgan fingerprint density at radius 1 is 1.36 bits per heavy atom. The summed E-state index contributed by atoms with van der Waals surface area (Å²) in [5, 5.41) is 0. The summed E-state index contributed by atoms with van der Waals surface area (Å²) in [6.07, 6.45) is 1.83. The van der Waals surface area contributed by atoms with Crippen molar-refractivity contribution >= 4 is 11.8 Å². The number of nitrogens with zero attached hydrogens (tertiary/aromatic N) is 1. The lowest BCUT2D eigenvalue weighted by molar-refractivity contribution is -0.121. The lowest BCUT2D eigenvalue weighted by atomic mass is 10.3. The molecule has 5 nitrogen and oxygen atoms in total. The monoisotopic (exact) mass is 193 g/mol. The van der Waals surface area contributed by atoms with E-state index >= 15 is 0 Å². The first-order chi connectivity index (χ1) is 6.74. The molecule has 1 aromatic rings. The van der Waals surface area contributed by atoms with Gasteiger partial charge in [0.15, 0.2) is 0 Å². The molecule has 0 spiro atoms. The number of carbonyl (C=O) groups is 2. The molecule has 1 rings (SSSR count). The fourth-order valence-corrected chi connectivity index (χ4v) is 0.776. The molecule has 14 heavy (non-hydrogen) atoms. The highest BCUT2D eigenvalue weighted by atomic mass is 16.2. The second-order valence-corrected chi connectivity index (χ2v) is 2.57. The van der Waals surface area contributed by atoms with Crippen molar-refractivity contribution in [3.05, 3.63) is 30.1 Å². The van der Waals surface area contributed by atoms with E-state index in [1.807, 2.05) is 0 Å².